The highest BCUT2D eigenvalue weighted by atomic mass is 19.1. The predicted molar refractivity (Wildman–Crippen MR) is 70.9 cm³/mol. The Morgan fingerprint density at radius 2 is 2.00 bits per heavy atom. The molecule has 0 saturated carbocycles. The zero-order valence-corrected chi connectivity index (χ0v) is 11.6. The van der Waals surface area contributed by atoms with Gasteiger partial charge in [0.2, 0.25) is 5.82 Å². The van der Waals surface area contributed by atoms with Gasteiger partial charge in [-0.15, -0.1) is 10.2 Å². The molecule has 1 heterocycles. The number of esters is 1. The van der Waals surface area contributed by atoms with Crippen molar-refractivity contribution in [1.82, 2.24) is 14.8 Å². The predicted octanol–water partition coefficient (Wildman–Crippen LogP) is 2.51. The maximum atomic E-state index is 13.0. The molecule has 1 atom stereocenters. The summed E-state index contributed by atoms with van der Waals surface area (Å²) in [6.07, 6.45) is 0. The summed E-state index contributed by atoms with van der Waals surface area (Å²) in [6.45, 7) is 5.66. The Hall–Kier alpha value is -2.24. The molecule has 0 aliphatic rings. The lowest BCUT2D eigenvalue weighted by atomic mass is 10.1. The largest absolute Gasteiger partial charge is 0.460 e. The van der Waals surface area contributed by atoms with Crippen LogP contribution in [0.25, 0.3) is 0 Å². The number of halogens is 1. The van der Waals surface area contributed by atoms with E-state index in [1.54, 1.807) is 30.5 Å². The molecule has 1 aromatic heterocycles. The van der Waals surface area contributed by atoms with Gasteiger partial charge in [-0.2, -0.15) is 0 Å². The summed E-state index contributed by atoms with van der Waals surface area (Å²) in [5.41, 5.74) is 0.861. The molecule has 20 heavy (non-hydrogen) atoms. The molecule has 0 bridgehead atoms. The van der Waals surface area contributed by atoms with Crippen LogP contribution in [0.3, 0.4) is 0 Å². The van der Waals surface area contributed by atoms with E-state index < -0.39 is 5.97 Å². The lowest BCUT2D eigenvalue weighted by molar-refractivity contribution is 0.0504. The van der Waals surface area contributed by atoms with E-state index in [0.717, 1.165) is 5.56 Å². The van der Waals surface area contributed by atoms with Crippen LogP contribution in [0, 0.1) is 12.7 Å². The average Bonchev–Trinajstić information content (AvgIpc) is 2.81. The SMILES string of the molecule is CCOC(=O)c1nnc(C)n1C(C)c1ccc(F)cc1. The molecule has 1 aromatic carbocycles. The van der Waals surface area contributed by atoms with Crippen molar-refractivity contribution in [3.63, 3.8) is 0 Å². The molecule has 0 aliphatic heterocycles. The third-order valence-electron chi connectivity index (χ3n) is 3.06. The molecule has 0 saturated heterocycles. The second-order valence-electron chi connectivity index (χ2n) is 4.39. The topological polar surface area (TPSA) is 57.0 Å². The van der Waals surface area contributed by atoms with E-state index in [-0.39, 0.29) is 24.3 Å². The Kier molecular flexibility index (Phi) is 4.12. The monoisotopic (exact) mass is 277 g/mol. The van der Waals surface area contributed by atoms with Gasteiger partial charge in [0.05, 0.1) is 12.6 Å². The molecule has 0 aliphatic carbocycles. The average molecular weight is 277 g/mol. The summed E-state index contributed by atoms with van der Waals surface area (Å²) < 4.78 is 19.6. The smallest absolute Gasteiger partial charge is 0.376 e. The highest BCUT2D eigenvalue weighted by Crippen LogP contribution is 2.21. The van der Waals surface area contributed by atoms with Crippen LogP contribution in [0.5, 0.6) is 0 Å². The molecule has 2 aromatic rings. The normalized spacial score (nSPS) is 12.2. The maximum absolute atomic E-state index is 13.0. The number of carbonyl (C=O) groups excluding carboxylic acids is 1. The fraction of sp³-hybridized carbons (Fsp3) is 0.357. The van der Waals surface area contributed by atoms with E-state index in [1.165, 1.54) is 12.1 Å². The first-order chi connectivity index (χ1) is 9.54. The second-order valence-corrected chi connectivity index (χ2v) is 4.39. The molecule has 0 amide bonds. The lowest BCUT2D eigenvalue weighted by Crippen LogP contribution is -2.18. The van der Waals surface area contributed by atoms with Crippen LogP contribution in [0.2, 0.25) is 0 Å². The van der Waals surface area contributed by atoms with E-state index in [1.807, 2.05) is 6.92 Å². The molecule has 0 N–H and O–H groups in total. The van der Waals surface area contributed by atoms with E-state index in [4.69, 9.17) is 4.74 Å². The van der Waals surface area contributed by atoms with Gasteiger partial charge >= 0.3 is 5.97 Å². The minimum Gasteiger partial charge on any atom is -0.460 e. The molecule has 2 rings (SSSR count). The zero-order chi connectivity index (χ0) is 14.7. The number of carbonyl (C=O) groups is 1. The van der Waals surface area contributed by atoms with Gasteiger partial charge < -0.3 is 4.74 Å². The molecule has 0 radical (unpaired) electrons. The van der Waals surface area contributed by atoms with Gasteiger partial charge in [-0.25, -0.2) is 9.18 Å². The van der Waals surface area contributed by atoms with Gasteiger partial charge in [0, 0.05) is 0 Å². The van der Waals surface area contributed by atoms with Gasteiger partial charge in [-0.3, -0.25) is 4.57 Å². The van der Waals surface area contributed by atoms with Crippen molar-refractivity contribution in [3.8, 4) is 0 Å². The van der Waals surface area contributed by atoms with E-state index in [9.17, 15) is 9.18 Å². The Morgan fingerprint density at radius 3 is 2.60 bits per heavy atom. The summed E-state index contributed by atoms with van der Waals surface area (Å²) in [4.78, 5) is 11.9. The highest BCUT2D eigenvalue weighted by Gasteiger charge is 2.22. The number of aromatic nitrogens is 3. The Balaban J connectivity index is 2.38. The van der Waals surface area contributed by atoms with E-state index in [0.29, 0.717) is 5.82 Å². The summed E-state index contributed by atoms with van der Waals surface area (Å²) in [6, 6.07) is 5.93. The maximum Gasteiger partial charge on any atom is 0.376 e. The minimum absolute atomic E-state index is 0.154. The van der Waals surface area contributed by atoms with Gasteiger partial charge in [0.25, 0.3) is 0 Å². The molecule has 0 fully saturated rings. The van der Waals surface area contributed by atoms with Crippen molar-refractivity contribution >= 4 is 5.97 Å². The fourth-order valence-corrected chi connectivity index (χ4v) is 2.06. The summed E-state index contributed by atoms with van der Waals surface area (Å²) in [5.74, 6) is -0.0554. The number of hydrogen-bond donors (Lipinski definition) is 0. The Bertz CT molecular complexity index is 607. The van der Waals surface area contributed by atoms with Gasteiger partial charge in [-0.1, -0.05) is 12.1 Å². The first-order valence-corrected chi connectivity index (χ1v) is 6.38. The van der Waals surface area contributed by atoms with E-state index in [2.05, 4.69) is 10.2 Å². The van der Waals surface area contributed by atoms with Crippen molar-refractivity contribution in [2.75, 3.05) is 6.61 Å². The van der Waals surface area contributed by atoms with Crippen LogP contribution in [-0.4, -0.2) is 27.3 Å². The second kappa shape index (κ2) is 5.81. The van der Waals surface area contributed by atoms with Crippen molar-refractivity contribution in [2.45, 2.75) is 26.8 Å². The standard InChI is InChI=1S/C14H16FN3O2/c1-4-20-14(19)13-17-16-10(3)18(13)9(2)11-5-7-12(15)8-6-11/h5-9H,4H2,1-3H3. The van der Waals surface area contributed by atoms with Crippen LogP contribution in [0.4, 0.5) is 4.39 Å². The molecule has 1 unspecified atom stereocenters. The number of benzene rings is 1. The van der Waals surface area contributed by atoms with Crippen LogP contribution in [0.15, 0.2) is 24.3 Å². The number of rotatable bonds is 4. The molecular weight excluding hydrogens is 261 g/mol. The summed E-state index contributed by atoms with van der Waals surface area (Å²) >= 11 is 0. The third-order valence-corrected chi connectivity index (χ3v) is 3.06. The van der Waals surface area contributed by atoms with Crippen LogP contribution < -0.4 is 0 Å². The molecule has 0 spiro atoms. The van der Waals surface area contributed by atoms with Gasteiger partial charge in [0.15, 0.2) is 0 Å². The van der Waals surface area contributed by atoms with Gasteiger partial charge in [0.1, 0.15) is 11.6 Å². The summed E-state index contributed by atoms with van der Waals surface area (Å²) in [7, 11) is 0. The van der Waals surface area contributed by atoms with Gasteiger partial charge in [-0.05, 0) is 38.5 Å². The van der Waals surface area contributed by atoms with Crippen LogP contribution in [-0.2, 0) is 4.74 Å². The van der Waals surface area contributed by atoms with Crippen molar-refractivity contribution in [2.24, 2.45) is 0 Å². The molecule has 106 valence electrons. The van der Waals surface area contributed by atoms with E-state index >= 15 is 0 Å². The molecule has 5 nitrogen and oxygen atoms in total. The van der Waals surface area contributed by atoms with Crippen molar-refractivity contribution in [1.29, 1.82) is 0 Å². The fourth-order valence-electron chi connectivity index (χ4n) is 2.06. The highest BCUT2D eigenvalue weighted by molar-refractivity contribution is 5.85. The summed E-state index contributed by atoms with van der Waals surface area (Å²) in [5, 5.41) is 7.78. The number of aryl methyl sites for hydroxylation is 1. The minimum atomic E-state index is -0.512. The third kappa shape index (κ3) is 2.68. The first kappa shape index (κ1) is 14.2. The lowest BCUT2D eigenvalue weighted by Gasteiger charge is -2.17. The molecular formula is C14H16FN3O2. The van der Waals surface area contributed by atoms with Crippen molar-refractivity contribution < 1.29 is 13.9 Å². The molecule has 6 heteroatoms. The number of ether oxygens (including phenoxy) is 1. The first-order valence-electron chi connectivity index (χ1n) is 6.38. The quantitative estimate of drug-likeness (QED) is 0.806. The van der Waals surface area contributed by atoms with Crippen LogP contribution in [0.1, 0.15) is 41.9 Å². The van der Waals surface area contributed by atoms with Crippen molar-refractivity contribution in [3.05, 3.63) is 47.3 Å². The number of nitrogens with zero attached hydrogens (tertiary/aromatic N) is 3. The van der Waals surface area contributed by atoms with Crippen LogP contribution >= 0.6 is 0 Å². The number of hydrogen-bond acceptors (Lipinski definition) is 4. The Labute approximate surface area is 116 Å². The zero-order valence-electron chi connectivity index (χ0n) is 11.6. The Morgan fingerprint density at radius 1 is 1.35 bits per heavy atom.